The molecule has 0 aliphatic heterocycles. The maximum absolute atomic E-state index is 13.2. The van der Waals surface area contributed by atoms with Crippen molar-refractivity contribution in [1.29, 1.82) is 0 Å². The zero-order chi connectivity index (χ0) is 14.7. The molecule has 2 rings (SSSR count). The minimum atomic E-state index is -0.226. The predicted octanol–water partition coefficient (Wildman–Crippen LogP) is 5.06. The van der Waals surface area contributed by atoms with Crippen molar-refractivity contribution in [3.63, 3.8) is 0 Å². The van der Waals surface area contributed by atoms with Crippen LogP contribution in [0.15, 0.2) is 40.9 Å². The topological polar surface area (TPSA) is 12.0 Å². The summed E-state index contributed by atoms with van der Waals surface area (Å²) in [7, 11) is 0. The van der Waals surface area contributed by atoms with Gasteiger partial charge in [0.15, 0.2) is 0 Å². The SMILES string of the molecule is Cc1ccc(C)c(C(C)NCc2ccc(F)c(Br)c2)c1. The van der Waals surface area contributed by atoms with Crippen LogP contribution in [0.5, 0.6) is 0 Å². The number of rotatable bonds is 4. The molecular formula is C17H19BrFN. The lowest BCUT2D eigenvalue weighted by atomic mass is 10.00. The van der Waals surface area contributed by atoms with E-state index in [9.17, 15) is 4.39 Å². The molecule has 1 N–H and O–H groups in total. The van der Waals surface area contributed by atoms with Gasteiger partial charge in [0.1, 0.15) is 5.82 Å². The molecule has 0 aliphatic carbocycles. The fourth-order valence-corrected chi connectivity index (χ4v) is 2.68. The van der Waals surface area contributed by atoms with Gasteiger partial charge >= 0.3 is 0 Å². The zero-order valence-corrected chi connectivity index (χ0v) is 13.6. The summed E-state index contributed by atoms with van der Waals surface area (Å²) in [5.41, 5.74) is 4.93. The largest absolute Gasteiger partial charge is 0.306 e. The number of halogens is 2. The minimum absolute atomic E-state index is 0.226. The van der Waals surface area contributed by atoms with E-state index in [1.165, 1.54) is 22.8 Å². The molecule has 0 radical (unpaired) electrons. The second-order valence-electron chi connectivity index (χ2n) is 5.21. The number of hydrogen-bond acceptors (Lipinski definition) is 1. The van der Waals surface area contributed by atoms with Gasteiger partial charge in [0, 0.05) is 12.6 Å². The fraction of sp³-hybridized carbons (Fsp3) is 0.294. The third-order valence-corrected chi connectivity index (χ3v) is 4.11. The Labute approximate surface area is 128 Å². The van der Waals surface area contributed by atoms with E-state index in [2.05, 4.69) is 60.2 Å². The normalized spacial score (nSPS) is 12.4. The summed E-state index contributed by atoms with van der Waals surface area (Å²) >= 11 is 3.22. The van der Waals surface area contributed by atoms with Crippen LogP contribution in [0.3, 0.4) is 0 Å². The second-order valence-corrected chi connectivity index (χ2v) is 6.07. The van der Waals surface area contributed by atoms with Crippen molar-refractivity contribution in [1.82, 2.24) is 5.32 Å². The summed E-state index contributed by atoms with van der Waals surface area (Å²) in [5, 5.41) is 3.49. The Hall–Kier alpha value is -1.19. The van der Waals surface area contributed by atoms with E-state index >= 15 is 0 Å². The molecule has 1 atom stereocenters. The van der Waals surface area contributed by atoms with Gasteiger partial charge in [-0.2, -0.15) is 0 Å². The molecule has 1 unspecified atom stereocenters. The monoisotopic (exact) mass is 335 g/mol. The van der Waals surface area contributed by atoms with E-state index in [1.807, 2.05) is 12.1 Å². The standard InChI is InChI=1S/C17H19BrFN/c1-11-4-5-12(2)15(8-11)13(3)20-10-14-6-7-17(19)16(18)9-14/h4-9,13,20H,10H2,1-3H3. The lowest BCUT2D eigenvalue weighted by Crippen LogP contribution is -2.19. The van der Waals surface area contributed by atoms with E-state index in [4.69, 9.17) is 0 Å². The predicted molar refractivity (Wildman–Crippen MR) is 85.3 cm³/mol. The van der Waals surface area contributed by atoms with Gasteiger partial charge in [-0.25, -0.2) is 4.39 Å². The minimum Gasteiger partial charge on any atom is -0.306 e. The summed E-state index contributed by atoms with van der Waals surface area (Å²) in [5.74, 6) is -0.226. The van der Waals surface area contributed by atoms with Crippen molar-refractivity contribution >= 4 is 15.9 Å². The van der Waals surface area contributed by atoms with Gasteiger partial charge in [-0.3, -0.25) is 0 Å². The molecule has 106 valence electrons. The fourth-order valence-electron chi connectivity index (χ4n) is 2.26. The van der Waals surface area contributed by atoms with Crippen molar-refractivity contribution < 1.29 is 4.39 Å². The first-order valence-electron chi connectivity index (χ1n) is 6.72. The molecule has 2 aromatic carbocycles. The summed E-state index contributed by atoms with van der Waals surface area (Å²) < 4.78 is 13.7. The zero-order valence-electron chi connectivity index (χ0n) is 12.0. The molecule has 2 aromatic rings. The Bertz CT molecular complexity index is 610. The van der Waals surface area contributed by atoms with Gasteiger partial charge < -0.3 is 5.32 Å². The summed E-state index contributed by atoms with van der Waals surface area (Å²) in [6.45, 7) is 7.10. The average molecular weight is 336 g/mol. The Morgan fingerprint density at radius 2 is 1.90 bits per heavy atom. The molecule has 3 heteroatoms. The van der Waals surface area contributed by atoms with Crippen LogP contribution >= 0.6 is 15.9 Å². The first-order valence-corrected chi connectivity index (χ1v) is 7.51. The lowest BCUT2D eigenvalue weighted by molar-refractivity contribution is 0.569. The van der Waals surface area contributed by atoms with Gasteiger partial charge in [0.2, 0.25) is 0 Å². The van der Waals surface area contributed by atoms with Gasteiger partial charge in [-0.1, -0.05) is 29.8 Å². The number of hydrogen-bond donors (Lipinski definition) is 1. The highest BCUT2D eigenvalue weighted by Gasteiger charge is 2.08. The number of aryl methyl sites for hydroxylation is 2. The van der Waals surface area contributed by atoms with E-state index in [0.717, 1.165) is 5.56 Å². The van der Waals surface area contributed by atoms with Gasteiger partial charge in [-0.15, -0.1) is 0 Å². The van der Waals surface area contributed by atoms with Crippen LogP contribution in [0.25, 0.3) is 0 Å². The van der Waals surface area contributed by atoms with Gasteiger partial charge in [0.25, 0.3) is 0 Å². The molecular weight excluding hydrogens is 317 g/mol. The van der Waals surface area contributed by atoms with Crippen molar-refractivity contribution in [3.05, 3.63) is 68.9 Å². The van der Waals surface area contributed by atoms with Crippen molar-refractivity contribution in [2.24, 2.45) is 0 Å². The first-order chi connectivity index (χ1) is 9.47. The third kappa shape index (κ3) is 3.68. The Morgan fingerprint density at radius 3 is 2.60 bits per heavy atom. The van der Waals surface area contributed by atoms with Crippen molar-refractivity contribution in [3.8, 4) is 0 Å². The molecule has 0 bridgehead atoms. The van der Waals surface area contributed by atoms with E-state index in [-0.39, 0.29) is 11.9 Å². The molecule has 1 nitrogen and oxygen atoms in total. The van der Waals surface area contributed by atoms with Crippen LogP contribution in [0.2, 0.25) is 0 Å². The van der Waals surface area contributed by atoms with E-state index in [1.54, 1.807) is 0 Å². The van der Waals surface area contributed by atoms with Crippen molar-refractivity contribution in [2.75, 3.05) is 0 Å². The second kappa shape index (κ2) is 6.51. The summed E-state index contributed by atoms with van der Waals surface area (Å²) in [4.78, 5) is 0. The van der Waals surface area contributed by atoms with Gasteiger partial charge in [0.05, 0.1) is 4.47 Å². The molecule has 0 aromatic heterocycles. The van der Waals surface area contributed by atoms with Crippen LogP contribution in [0, 0.1) is 19.7 Å². The van der Waals surface area contributed by atoms with Crippen LogP contribution in [0.4, 0.5) is 4.39 Å². The molecule has 0 heterocycles. The third-order valence-electron chi connectivity index (χ3n) is 3.50. The maximum atomic E-state index is 13.2. The molecule has 0 saturated heterocycles. The van der Waals surface area contributed by atoms with Crippen LogP contribution in [-0.2, 0) is 6.54 Å². The summed E-state index contributed by atoms with van der Waals surface area (Å²) in [6.07, 6.45) is 0. The van der Waals surface area contributed by atoms with E-state index in [0.29, 0.717) is 11.0 Å². The molecule has 20 heavy (non-hydrogen) atoms. The molecule has 0 saturated carbocycles. The molecule has 0 fully saturated rings. The van der Waals surface area contributed by atoms with Crippen LogP contribution < -0.4 is 5.32 Å². The number of benzene rings is 2. The van der Waals surface area contributed by atoms with E-state index < -0.39 is 0 Å². The Balaban J connectivity index is 2.06. The Kier molecular flexibility index (Phi) is 4.95. The van der Waals surface area contributed by atoms with Crippen molar-refractivity contribution in [2.45, 2.75) is 33.4 Å². The molecule has 0 aliphatic rings. The smallest absolute Gasteiger partial charge is 0.137 e. The quantitative estimate of drug-likeness (QED) is 0.823. The molecule has 0 amide bonds. The van der Waals surface area contributed by atoms with Crippen LogP contribution in [-0.4, -0.2) is 0 Å². The first kappa shape index (κ1) is 15.2. The van der Waals surface area contributed by atoms with Crippen LogP contribution in [0.1, 0.15) is 35.2 Å². The van der Waals surface area contributed by atoms with Gasteiger partial charge in [-0.05, 0) is 65.5 Å². The lowest BCUT2D eigenvalue weighted by Gasteiger charge is -2.17. The molecule has 0 spiro atoms. The summed E-state index contributed by atoms with van der Waals surface area (Å²) in [6, 6.07) is 11.9. The maximum Gasteiger partial charge on any atom is 0.137 e. The average Bonchev–Trinajstić information content (AvgIpc) is 2.42. The highest BCUT2D eigenvalue weighted by molar-refractivity contribution is 9.10. The highest BCUT2D eigenvalue weighted by Crippen LogP contribution is 2.21. The highest BCUT2D eigenvalue weighted by atomic mass is 79.9. The Morgan fingerprint density at radius 1 is 1.15 bits per heavy atom. The number of nitrogens with one attached hydrogen (secondary N) is 1.